The molecule has 0 fully saturated rings. The highest BCUT2D eigenvalue weighted by Gasteiger charge is 2.13. The monoisotopic (exact) mass is 254 g/mol. The average molecular weight is 254 g/mol. The minimum atomic E-state index is -0.0886. The van der Waals surface area contributed by atoms with Crippen molar-refractivity contribution in [1.29, 1.82) is 0 Å². The van der Waals surface area contributed by atoms with Crippen LogP contribution in [0.15, 0.2) is 41.7 Å². The fourth-order valence-electron chi connectivity index (χ4n) is 2.34. The maximum absolute atomic E-state index is 12.0. The standard InChI is InChI=1S/C14H14N4O/c1-9(2)18-12-5-3-4-11(13(12)17-14(18)19)10-6-15-8-16-7-10/h3-9H,1-2H3,(H,17,19). The van der Waals surface area contributed by atoms with Crippen LogP contribution in [0.2, 0.25) is 0 Å². The number of aromatic nitrogens is 4. The third kappa shape index (κ3) is 1.83. The Kier molecular flexibility index (Phi) is 2.67. The van der Waals surface area contributed by atoms with E-state index < -0.39 is 0 Å². The van der Waals surface area contributed by atoms with Gasteiger partial charge < -0.3 is 4.98 Å². The zero-order valence-electron chi connectivity index (χ0n) is 10.8. The van der Waals surface area contributed by atoms with Crippen molar-refractivity contribution in [2.75, 3.05) is 0 Å². The molecular weight excluding hydrogens is 240 g/mol. The molecule has 1 N–H and O–H groups in total. The lowest BCUT2D eigenvalue weighted by Crippen LogP contribution is -2.18. The van der Waals surface area contributed by atoms with E-state index in [9.17, 15) is 4.79 Å². The summed E-state index contributed by atoms with van der Waals surface area (Å²) in [6.07, 6.45) is 4.98. The number of H-pyrrole nitrogens is 1. The Labute approximate surface area is 110 Å². The number of nitrogens with zero attached hydrogens (tertiary/aromatic N) is 3. The van der Waals surface area contributed by atoms with E-state index in [0.717, 1.165) is 22.2 Å². The maximum Gasteiger partial charge on any atom is 0.326 e. The Morgan fingerprint density at radius 1 is 1.21 bits per heavy atom. The number of aromatic amines is 1. The van der Waals surface area contributed by atoms with Crippen LogP contribution in [-0.2, 0) is 0 Å². The Bertz CT molecular complexity index is 771. The normalized spacial score (nSPS) is 11.3. The van der Waals surface area contributed by atoms with E-state index >= 15 is 0 Å². The van der Waals surface area contributed by atoms with Crippen LogP contribution in [0, 0.1) is 0 Å². The van der Waals surface area contributed by atoms with Crippen molar-refractivity contribution in [2.45, 2.75) is 19.9 Å². The van der Waals surface area contributed by atoms with Crippen LogP contribution in [-0.4, -0.2) is 19.5 Å². The molecule has 19 heavy (non-hydrogen) atoms. The number of fused-ring (bicyclic) bond motifs is 1. The molecule has 3 aromatic rings. The minimum Gasteiger partial charge on any atom is -0.305 e. The molecule has 0 unspecified atom stereocenters. The second-order valence-electron chi connectivity index (χ2n) is 4.72. The van der Waals surface area contributed by atoms with Crippen LogP contribution in [0.4, 0.5) is 0 Å². The van der Waals surface area contributed by atoms with Gasteiger partial charge in [0.15, 0.2) is 0 Å². The van der Waals surface area contributed by atoms with Gasteiger partial charge in [-0.2, -0.15) is 0 Å². The molecule has 0 amide bonds. The van der Waals surface area contributed by atoms with E-state index in [1.807, 2.05) is 32.0 Å². The number of hydrogen-bond acceptors (Lipinski definition) is 3. The average Bonchev–Trinajstić information content (AvgIpc) is 2.75. The van der Waals surface area contributed by atoms with Crippen LogP contribution in [0.1, 0.15) is 19.9 Å². The first-order valence-corrected chi connectivity index (χ1v) is 6.17. The van der Waals surface area contributed by atoms with Crippen molar-refractivity contribution in [3.05, 3.63) is 47.4 Å². The van der Waals surface area contributed by atoms with E-state index in [2.05, 4.69) is 15.0 Å². The second kappa shape index (κ2) is 4.35. The number of hydrogen-bond donors (Lipinski definition) is 1. The fraction of sp³-hybridized carbons (Fsp3) is 0.214. The Hall–Kier alpha value is -2.43. The van der Waals surface area contributed by atoms with Gasteiger partial charge in [-0.25, -0.2) is 14.8 Å². The van der Waals surface area contributed by atoms with Crippen LogP contribution in [0.3, 0.4) is 0 Å². The van der Waals surface area contributed by atoms with Gasteiger partial charge in [-0.05, 0) is 19.9 Å². The molecule has 5 nitrogen and oxygen atoms in total. The smallest absolute Gasteiger partial charge is 0.305 e. The van der Waals surface area contributed by atoms with Crippen LogP contribution < -0.4 is 5.69 Å². The van der Waals surface area contributed by atoms with Crippen molar-refractivity contribution < 1.29 is 0 Å². The number of nitrogens with one attached hydrogen (secondary N) is 1. The van der Waals surface area contributed by atoms with E-state index in [0.29, 0.717) is 0 Å². The Balaban J connectivity index is 2.35. The van der Waals surface area contributed by atoms with Crippen molar-refractivity contribution in [3.63, 3.8) is 0 Å². The number of imidazole rings is 1. The molecule has 0 aliphatic rings. The van der Waals surface area contributed by atoms with Gasteiger partial charge in [0.2, 0.25) is 0 Å². The van der Waals surface area contributed by atoms with Gasteiger partial charge in [-0.15, -0.1) is 0 Å². The summed E-state index contributed by atoms with van der Waals surface area (Å²) in [6, 6.07) is 5.96. The highest BCUT2D eigenvalue weighted by atomic mass is 16.1. The molecule has 0 saturated carbocycles. The third-order valence-corrected chi connectivity index (χ3v) is 3.14. The lowest BCUT2D eigenvalue weighted by Gasteiger charge is -2.07. The lowest BCUT2D eigenvalue weighted by atomic mass is 10.1. The van der Waals surface area contributed by atoms with Gasteiger partial charge in [0.1, 0.15) is 6.33 Å². The van der Waals surface area contributed by atoms with Gasteiger partial charge >= 0.3 is 5.69 Å². The van der Waals surface area contributed by atoms with Gasteiger partial charge in [-0.3, -0.25) is 4.57 Å². The van der Waals surface area contributed by atoms with Gasteiger partial charge in [0.05, 0.1) is 11.0 Å². The summed E-state index contributed by atoms with van der Waals surface area (Å²) in [5.41, 5.74) is 3.48. The molecule has 0 aliphatic carbocycles. The lowest BCUT2D eigenvalue weighted by molar-refractivity contribution is 0.598. The fourth-order valence-corrected chi connectivity index (χ4v) is 2.34. The number of rotatable bonds is 2. The third-order valence-electron chi connectivity index (χ3n) is 3.14. The van der Waals surface area contributed by atoms with E-state index in [-0.39, 0.29) is 11.7 Å². The van der Waals surface area contributed by atoms with Crippen molar-refractivity contribution in [3.8, 4) is 11.1 Å². The summed E-state index contributed by atoms with van der Waals surface area (Å²) in [6.45, 7) is 3.99. The summed E-state index contributed by atoms with van der Waals surface area (Å²) in [7, 11) is 0. The molecule has 0 bridgehead atoms. The topological polar surface area (TPSA) is 63.6 Å². The quantitative estimate of drug-likeness (QED) is 0.763. The predicted octanol–water partition coefficient (Wildman–Crippen LogP) is 2.37. The first-order valence-electron chi connectivity index (χ1n) is 6.17. The summed E-state index contributed by atoms with van der Waals surface area (Å²) in [5.74, 6) is 0. The summed E-state index contributed by atoms with van der Waals surface area (Å²) < 4.78 is 1.75. The van der Waals surface area contributed by atoms with Gasteiger partial charge in [0, 0.05) is 29.6 Å². The van der Waals surface area contributed by atoms with Crippen molar-refractivity contribution in [1.82, 2.24) is 19.5 Å². The minimum absolute atomic E-state index is 0.0886. The molecule has 5 heteroatoms. The van der Waals surface area contributed by atoms with Gasteiger partial charge in [0.25, 0.3) is 0 Å². The highest BCUT2D eigenvalue weighted by molar-refractivity contribution is 5.91. The van der Waals surface area contributed by atoms with Gasteiger partial charge in [-0.1, -0.05) is 12.1 Å². The molecule has 96 valence electrons. The largest absolute Gasteiger partial charge is 0.326 e. The molecular formula is C14H14N4O. The molecule has 1 aromatic carbocycles. The van der Waals surface area contributed by atoms with E-state index in [4.69, 9.17) is 0 Å². The molecule has 0 spiro atoms. The van der Waals surface area contributed by atoms with Crippen LogP contribution in [0.5, 0.6) is 0 Å². The highest BCUT2D eigenvalue weighted by Crippen LogP contribution is 2.26. The molecule has 0 saturated heterocycles. The SMILES string of the molecule is CC(C)n1c(=O)[nH]c2c(-c3cncnc3)cccc21. The first-order chi connectivity index (χ1) is 9.18. The zero-order chi connectivity index (χ0) is 13.4. The second-order valence-corrected chi connectivity index (χ2v) is 4.72. The number of benzene rings is 1. The molecule has 2 aromatic heterocycles. The number of para-hydroxylation sites is 1. The molecule has 0 radical (unpaired) electrons. The van der Waals surface area contributed by atoms with Crippen LogP contribution in [0.25, 0.3) is 22.2 Å². The Morgan fingerprint density at radius 2 is 1.95 bits per heavy atom. The zero-order valence-corrected chi connectivity index (χ0v) is 10.8. The first kappa shape index (κ1) is 11.6. The molecule has 3 rings (SSSR count). The molecule has 0 atom stereocenters. The Morgan fingerprint density at radius 3 is 2.63 bits per heavy atom. The van der Waals surface area contributed by atoms with Crippen LogP contribution >= 0.6 is 0 Å². The van der Waals surface area contributed by atoms with Crippen molar-refractivity contribution in [2.24, 2.45) is 0 Å². The summed E-state index contributed by atoms with van der Waals surface area (Å²) in [4.78, 5) is 23.0. The maximum atomic E-state index is 12.0. The molecule has 0 aliphatic heterocycles. The molecule has 2 heterocycles. The predicted molar refractivity (Wildman–Crippen MR) is 74.0 cm³/mol. The van der Waals surface area contributed by atoms with E-state index in [1.165, 1.54) is 6.33 Å². The van der Waals surface area contributed by atoms with Crippen molar-refractivity contribution >= 4 is 11.0 Å². The summed E-state index contributed by atoms with van der Waals surface area (Å²) in [5, 5.41) is 0. The summed E-state index contributed by atoms with van der Waals surface area (Å²) >= 11 is 0. The van der Waals surface area contributed by atoms with E-state index in [1.54, 1.807) is 17.0 Å².